The van der Waals surface area contributed by atoms with Gasteiger partial charge in [-0.2, -0.15) is 0 Å². The molecule has 17 heavy (non-hydrogen) atoms. The summed E-state index contributed by atoms with van der Waals surface area (Å²) in [5.74, 6) is 0.552. The van der Waals surface area contributed by atoms with Crippen LogP contribution in [-0.4, -0.2) is 9.55 Å². The lowest BCUT2D eigenvalue weighted by molar-refractivity contribution is -0.00631. The Morgan fingerprint density at radius 1 is 1.35 bits per heavy atom. The number of imidazole rings is 1. The highest BCUT2D eigenvalue weighted by Gasteiger charge is 2.10. The Morgan fingerprint density at radius 2 is 2.12 bits per heavy atom. The fourth-order valence-electron chi connectivity index (χ4n) is 1.72. The van der Waals surface area contributed by atoms with Gasteiger partial charge in [-0.25, -0.2) is 4.98 Å². The number of halogens is 1. The van der Waals surface area contributed by atoms with E-state index in [4.69, 9.17) is 0 Å². The summed E-state index contributed by atoms with van der Waals surface area (Å²) in [6.07, 6.45) is 3.47. The summed E-state index contributed by atoms with van der Waals surface area (Å²) in [5.41, 5.74) is 2.57. The van der Waals surface area contributed by atoms with Gasteiger partial charge < -0.3 is 4.57 Å². The van der Waals surface area contributed by atoms with E-state index in [1.807, 2.05) is 25.3 Å². The van der Waals surface area contributed by atoms with Crippen molar-refractivity contribution in [2.45, 2.75) is 26.7 Å². The quantitative estimate of drug-likeness (QED) is 0.811. The van der Waals surface area contributed by atoms with Gasteiger partial charge in [0.2, 0.25) is 0 Å². The lowest BCUT2D eigenvalue weighted by Gasteiger charge is -2.10. The monoisotopic (exact) mass is 234 g/mol. The molecule has 1 aromatic heterocycles. The second-order valence-corrected chi connectivity index (χ2v) is 4.38. The smallest absolute Gasteiger partial charge is 0.196 e. The van der Waals surface area contributed by atoms with E-state index in [2.05, 4.69) is 23.8 Å². The van der Waals surface area contributed by atoms with Gasteiger partial charge in [0.15, 0.2) is 5.75 Å². The molecule has 0 saturated carbocycles. The molecule has 0 aliphatic carbocycles. The third-order valence-electron chi connectivity index (χ3n) is 2.72. The summed E-state index contributed by atoms with van der Waals surface area (Å²) in [6, 6.07) is 5.53. The van der Waals surface area contributed by atoms with Crippen molar-refractivity contribution in [3.8, 4) is 11.4 Å². The van der Waals surface area contributed by atoms with Gasteiger partial charge in [0.05, 0.1) is 17.7 Å². The van der Waals surface area contributed by atoms with Crippen molar-refractivity contribution in [2.75, 3.05) is 0 Å². The van der Waals surface area contributed by atoms with Crippen LogP contribution in [0.3, 0.4) is 0 Å². The number of rotatable bonds is 3. The maximum atomic E-state index is 12.6. The van der Waals surface area contributed by atoms with Crippen LogP contribution in [0, 0.1) is 6.92 Å². The molecular formula is C13H15FN2O. The van der Waals surface area contributed by atoms with Gasteiger partial charge >= 0.3 is 0 Å². The second-order valence-electron chi connectivity index (χ2n) is 4.38. The molecule has 90 valence electrons. The number of hydrogen-bond donors (Lipinski definition) is 0. The molecule has 2 rings (SSSR count). The predicted molar refractivity (Wildman–Crippen MR) is 64.1 cm³/mol. The normalized spacial score (nSPS) is 10.9. The molecule has 0 N–H and O–H groups in total. The number of benzene rings is 1. The Balaban J connectivity index is 2.48. The number of hydrogen-bond acceptors (Lipinski definition) is 2. The highest BCUT2D eigenvalue weighted by atomic mass is 19.3. The molecule has 0 atom stereocenters. The molecule has 0 aliphatic rings. The van der Waals surface area contributed by atoms with Gasteiger partial charge in [-0.15, -0.1) is 0 Å². The van der Waals surface area contributed by atoms with E-state index in [1.165, 1.54) is 0 Å². The summed E-state index contributed by atoms with van der Waals surface area (Å²) in [5, 5.41) is 0. The number of aromatic nitrogens is 2. The molecule has 1 heterocycles. The van der Waals surface area contributed by atoms with Gasteiger partial charge in [-0.3, -0.25) is 4.94 Å². The topological polar surface area (TPSA) is 27.1 Å². The van der Waals surface area contributed by atoms with Crippen molar-refractivity contribution < 1.29 is 9.47 Å². The van der Waals surface area contributed by atoms with Crippen molar-refractivity contribution >= 4 is 0 Å². The van der Waals surface area contributed by atoms with Crippen LogP contribution in [0.4, 0.5) is 4.53 Å². The first kappa shape index (κ1) is 11.6. The first-order valence-electron chi connectivity index (χ1n) is 5.55. The Kier molecular flexibility index (Phi) is 3.13. The second kappa shape index (κ2) is 4.57. The summed E-state index contributed by atoms with van der Waals surface area (Å²) < 4.78 is 14.3. The van der Waals surface area contributed by atoms with Crippen molar-refractivity contribution in [2.24, 2.45) is 0 Å². The van der Waals surface area contributed by atoms with Crippen molar-refractivity contribution in [3.05, 3.63) is 42.0 Å². The van der Waals surface area contributed by atoms with Crippen LogP contribution < -0.4 is 4.94 Å². The summed E-state index contributed by atoms with van der Waals surface area (Å²) >= 11 is 0. The number of nitrogens with zero attached hydrogens (tertiary/aromatic N) is 2. The Hall–Kier alpha value is -1.84. The Morgan fingerprint density at radius 3 is 2.65 bits per heavy atom. The number of aryl methyl sites for hydroxylation is 1. The third kappa shape index (κ3) is 2.30. The van der Waals surface area contributed by atoms with E-state index < -0.39 is 0 Å². The van der Waals surface area contributed by atoms with Gasteiger partial charge in [0.25, 0.3) is 0 Å². The minimum atomic E-state index is 0.216. The van der Waals surface area contributed by atoms with Gasteiger partial charge in [-0.05, 0) is 30.5 Å². The molecule has 0 bridgehead atoms. The van der Waals surface area contributed by atoms with Crippen LogP contribution in [0.25, 0.3) is 5.69 Å². The van der Waals surface area contributed by atoms with E-state index >= 15 is 0 Å². The zero-order chi connectivity index (χ0) is 12.4. The molecule has 2 aromatic rings. The van der Waals surface area contributed by atoms with E-state index in [0.29, 0.717) is 11.6 Å². The minimum absolute atomic E-state index is 0.216. The van der Waals surface area contributed by atoms with Gasteiger partial charge in [0.1, 0.15) is 0 Å². The zero-order valence-corrected chi connectivity index (χ0v) is 10.1. The summed E-state index contributed by atoms with van der Waals surface area (Å²) in [7, 11) is 0. The van der Waals surface area contributed by atoms with Gasteiger partial charge in [-0.1, -0.05) is 19.9 Å². The molecule has 0 amide bonds. The van der Waals surface area contributed by atoms with E-state index in [-0.39, 0.29) is 5.75 Å². The maximum Gasteiger partial charge on any atom is 0.196 e. The highest BCUT2D eigenvalue weighted by Crippen LogP contribution is 2.28. The highest BCUT2D eigenvalue weighted by molar-refractivity contribution is 5.49. The van der Waals surface area contributed by atoms with Crippen LogP contribution in [0.2, 0.25) is 0 Å². The molecular weight excluding hydrogens is 219 g/mol. The lowest BCUT2D eigenvalue weighted by atomic mass is 10.0. The molecule has 0 aliphatic heterocycles. The largest absolute Gasteiger partial charge is 0.302 e. The average Bonchev–Trinajstić information content (AvgIpc) is 2.74. The minimum Gasteiger partial charge on any atom is -0.302 e. The lowest BCUT2D eigenvalue weighted by Crippen LogP contribution is -1.96. The van der Waals surface area contributed by atoms with Crippen LogP contribution in [0.15, 0.2) is 30.7 Å². The molecule has 0 saturated heterocycles. The molecule has 0 fully saturated rings. The molecule has 4 heteroatoms. The van der Waals surface area contributed by atoms with E-state index in [0.717, 1.165) is 11.3 Å². The molecule has 0 spiro atoms. The molecule has 1 aromatic carbocycles. The fraction of sp³-hybridized carbons (Fsp3) is 0.308. The summed E-state index contributed by atoms with van der Waals surface area (Å²) in [4.78, 5) is 8.06. The van der Waals surface area contributed by atoms with Crippen LogP contribution >= 0.6 is 0 Å². The average molecular weight is 234 g/mol. The van der Waals surface area contributed by atoms with E-state index in [1.54, 1.807) is 17.0 Å². The Bertz CT molecular complexity index is 520. The molecule has 0 radical (unpaired) electrons. The molecule has 0 unspecified atom stereocenters. The third-order valence-corrected chi connectivity index (χ3v) is 2.72. The first-order chi connectivity index (χ1) is 8.11. The first-order valence-corrected chi connectivity index (χ1v) is 5.55. The maximum absolute atomic E-state index is 12.6. The van der Waals surface area contributed by atoms with E-state index in [9.17, 15) is 4.53 Å². The standard InChI is InChI=1S/C13H15FN2O/c1-9(2)11-4-5-12(13(6-11)17-14)16-7-10(3)15-8-16/h4-9H,1-3H3. The Labute approximate surface area is 99.8 Å². The van der Waals surface area contributed by atoms with Crippen LogP contribution in [-0.2, 0) is 0 Å². The fourth-order valence-corrected chi connectivity index (χ4v) is 1.72. The molecule has 3 nitrogen and oxygen atoms in total. The van der Waals surface area contributed by atoms with Gasteiger partial charge in [0, 0.05) is 10.7 Å². The van der Waals surface area contributed by atoms with Crippen molar-refractivity contribution in [3.63, 3.8) is 0 Å². The zero-order valence-electron chi connectivity index (χ0n) is 10.1. The summed E-state index contributed by atoms with van der Waals surface area (Å²) in [6.45, 7) is 5.99. The van der Waals surface area contributed by atoms with Crippen LogP contribution in [0.1, 0.15) is 31.0 Å². The SMILES string of the molecule is Cc1cn(-c2ccc(C(C)C)cc2OF)cn1. The van der Waals surface area contributed by atoms with Crippen LogP contribution in [0.5, 0.6) is 5.75 Å². The predicted octanol–water partition coefficient (Wildman–Crippen LogP) is 3.57. The van der Waals surface area contributed by atoms with Crippen molar-refractivity contribution in [1.82, 2.24) is 9.55 Å². The van der Waals surface area contributed by atoms with Crippen molar-refractivity contribution in [1.29, 1.82) is 0 Å².